The fraction of sp³-hybridized carbons (Fsp3) is 0.417. The highest BCUT2D eigenvalue weighted by molar-refractivity contribution is 5.82. The van der Waals surface area contributed by atoms with Crippen LogP contribution in [0.15, 0.2) is 18.2 Å². The Kier molecular flexibility index (Phi) is 2.92. The third-order valence-corrected chi connectivity index (χ3v) is 2.65. The van der Waals surface area contributed by atoms with Gasteiger partial charge in [0.2, 0.25) is 0 Å². The van der Waals surface area contributed by atoms with Gasteiger partial charge in [-0.2, -0.15) is 5.10 Å². The molecule has 1 aromatic heterocycles. The van der Waals surface area contributed by atoms with Crippen LogP contribution in [0.1, 0.15) is 25.6 Å². The van der Waals surface area contributed by atoms with Gasteiger partial charge in [-0.1, -0.05) is 12.1 Å². The van der Waals surface area contributed by atoms with Crippen molar-refractivity contribution in [1.82, 2.24) is 9.78 Å². The first kappa shape index (κ1) is 11.1. The molecule has 86 valence electrons. The van der Waals surface area contributed by atoms with Gasteiger partial charge in [0.05, 0.1) is 0 Å². The van der Waals surface area contributed by atoms with E-state index in [0.717, 1.165) is 17.5 Å². The van der Waals surface area contributed by atoms with Gasteiger partial charge in [0.25, 0.3) is 0 Å². The smallest absolute Gasteiger partial charge is 0.151 e. The second-order valence-electron chi connectivity index (χ2n) is 4.16. The van der Waals surface area contributed by atoms with E-state index in [1.54, 1.807) is 6.07 Å². The molecule has 2 N–H and O–H groups in total. The molecule has 0 spiro atoms. The standard InChI is InChI=1S/C12H16FN3/c1-8(2)16-11(6-7-14)9-4-3-5-10(13)12(9)15-16/h3-5,8H,6-7,14H2,1-2H3. The normalized spacial score (nSPS) is 11.6. The van der Waals surface area contributed by atoms with Gasteiger partial charge in [-0.05, 0) is 26.5 Å². The Morgan fingerprint density at radius 2 is 2.19 bits per heavy atom. The number of fused-ring (bicyclic) bond motifs is 1. The zero-order valence-corrected chi connectivity index (χ0v) is 9.57. The molecule has 0 amide bonds. The molecule has 2 rings (SSSR count). The SMILES string of the molecule is CC(C)n1nc2c(F)cccc2c1CCN. The number of nitrogens with two attached hydrogens (primary N) is 1. The first-order valence-electron chi connectivity index (χ1n) is 5.50. The van der Waals surface area contributed by atoms with Crippen LogP contribution in [0, 0.1) is 5.82 Å². The summed E-state index contributed by atoms with van der Waals surface area (Å²) in [6.45, 7) is 4.61. The molecule has 0 aliphatic rings. The number of aromatic nitrogens is 2. The molecule has 0 saturated carbocycles. The average Bonchev–Trinajstić information content (AvgIpc) is 2.60. The van der Waals surface area contributed by atoms with Crippen molar-refractivity contribution in [1.29, 1.82) is 0 Å². The van der Waals surface area contributed by atoms with Crippen LogP contribution >= 0.6 is 0 Å². The molecule has 1 aromatic carbocycles. The van der Waals surface area contributed by atoms with Gasteiger partial charge in [0.15, 0.2) is 5.82 Å². The highest BCUT2D eigenvalue weighted by Gasteiger charge is 2.14. The van der Waals surface area contributed by atoms with Gasteiger partial charge in [0, 0.05) is 23.5 Å². The molecule has 0 atom stereocenters. The van der Waals surface area contributed by atoms with Crippen LogP contribution in [0.2, 0.25) is 0 Å². The Morgan fingerprint density at radius 3 is 2.81 bits per heavy atom. The quantitative estimate of drug-likeness (QED) is 0.864. The molecule has 0 aliphatic heterocycles. The van der Waals surface area contributed by atoms with Gasteiger partial charge in [-0.25, -0.2) is 4.39 Å². The van der Waals surface area contributed by atoms with Crippen LogP contribution in [0.25, 0.3) is 10.9 Å². The molecular formula is C12H16FN3. The summed E-state index contributed by atoms with van der Waals surface area (Å²) in [5, 5.41) is 5.19. The first-order valence-corrected chi connectivity index (χ1v) is 5.50. The molecule has 0 bridgehead atoms. The summed E-state index contributed by atoms with van der Waals surface area (Å²) in [5.41, 5.74) is 7.05. The number of nitrogens with zero attached hydrogens (tertiary/aromatic N) is 2. The molecule has 0 unspecified atom stereocenters. The van der Waals surface area contributed by atoms with E-state index in [4.69, 9.17) is 5.73 Å². The molecule has 1 heterocycles. The van der Waals surface area contributed by atoms with E-state index in [1.165, 1.54) is 6.07 Å². The molecule has 0 aliphatic carbocycles. The Bertz CT molecular complexity index is 502. The fourth-order valence-electron chi connectivity index (χ4n) is 1.95. The Balaban J connectivity index is 2.70. The van der Waals surface area contributed by atoms with Gasteiger partial charge >= 0.3 is 0 Å². The molecule has 0 radical (unpaired) electrons. The van der Waals surface area contributed by atoms with E-state index in [1.807, 2.05) is 24.6 Å². The number of hydrogen-bond acceptors (Lipinski definition) is 2. The lowest BCUT2D eigenvalue weighted by Crippen LogP contribution is -2.12. The molecule has 16 heavy (non-hydrogen) atoms. The predicted molar refractivity (Wildman–Crippen MR) is 62.8 cm³/mol. The van der Waals surface area contributed by atoms with Crippen molar-refractivity contribution in [3.63, 3.8) is 0 Å². The van der Waals surface area contributed by atoms with Crippen LogP contribution in [0.3, 0.4) is 0 Å². The van der Waals surface area contributed by atoms with Crippen molar-refractivity contribution < 1.29 is 4.39 Å². The number of rotatable bonds is 3. The Hall–Kier alpha value is -1.42. The Morgan fingerprint density at radius 1 is 1.44 bits per heavy atom. The van der Waals surface area contributed by atoms with Gasteiger partial charge < -0.3 is 5.73 Å². The van der Waals surface area contributed by atoms with Crippen LogP contribution in [-0.2, 0) is 6.42 Å². The van der Waals surface area contributed by atoms with Crippen LogP contribution in [-0.4, -0.2) is 16.3 Å². The molecule has 0 saturated heterocycles. The summed E-state index contributed by atoms with van der Waals surface area (Å²) >= 11 is 0. The van der Waals surface area contributed by atoms with Crippen molar-refractivity contribution in [2.45, 2.75) is 26.3 Å². The number of hydrogen-bond donors (Lipinski definition) is 1. The zero-order chi connectivity index (χ0) is 11.7. The van der Waals surface area contributed by atoms with Crippen LogP contribution < -0.4 is 5.73 Å². The van der Waals surface area contributed by atoms with Crippen LogP contribution in [0.4, 0.5) is 4.39 Å². The van der Waals surface area contributed by atoms with E-state index in [0.29, 0.717) is 12.1 Å². The average molecular weight is 221 g/mol. The van der Waals surface area contributed by atoms with Crippen molar-refractivity contribution in [2.24, 2.45) is 5.73 Å². The van der Waals surface area contributed by atoms with Crippen molar-refractivity contribution in [3.05, 3.63) is 29.7 Å². The minimum absolute atomic E-state index is 0.216. The monoisotopic (exact) mass is 221 g/mol. The minimum atomic E-state index is -0.268. The maximum Gasteiger partial charge on any atom is 0.151 e. The van der Waals surface area contributed by atoms with E-state index >= 15 is 0 Å². The van der Waals surface area contributed by atoms with Crippen molar-refractivity contribution in [2.75, 3.05) is 6.54 Å². The lowest BCUT2D eigenvalue weighted by atomic mass is 10.1. The molecular weight excluding hydrogens is 205 g/mol. The maximum atomic E-state index is 13.6. The fourth-order valence-corrected chi connectivity index (χ4v) is 1.95. The van der Waals surface area contributed by atoms with Gasteiger partial charge in [-0.15, -0.1) is 0 Å². The second kappa shape index (κ2) is 4.22. The largest absolute Gasteiger partial charge is 0.330 e. The third-order valence-electron chi connectivity index (χ3n) is 2.65. The lowest BCUT2D eigenvalue weighted by Gasteiger charge is -2.09. The second-order valence-corrected chi connectivity index (χ2v) is 4.16. The molecule has 0 fully saturated rings. The van der Waals surface area contributed by atoms with E-state index in [-0.39, 0.29) is 11.9 Å². The van der Waals surface area contributed by atoms with Crippen LogP contribution in [0.5, 0.6) is 0 Å². The summed E-state index contributed by atoms with van der Waals surface area (Å²) < 4.78 is 15.4. The summed E-state index contributed by atoms with van der Waals surface area (Å²) in [7, 11) is 0. The number of benzene rings is 1. The molecule has 3 nitrogen and oxygen atoms in total. The van der Waals surface area contributed by atoms with E-state index < -0.39 is 0 Å². The number of halogens is 1. The third kappa shape index (κ3) is 1.69. The van der Waals surface area contributed by atoms with Gasteiger partial charge in [0.1, 0.15) is 5.52 Å². The first-order chi connectivity index (χ1) is 7.65. The predicted octanol–water partition coefficient (Wildman–Crippen LogP) is 2.26. The zero-order valence-electron chi connectivity index (χ0n) is 9.57. The van der Waals surface area contributed by atoms with E-state index in [2.05, 4.69) is 5.10 Å². The van der Waals surface area contributed by atoms with Crippen molar-refractivity contribution in [3.8, 4) is 0 Å². The summed E-state index contributed by atoms with van der Waals surface area (Å²) in [6.07, 6.45) is 0.720. The minimum Gasteiger partial charge on any atom is -0.330 e. The highest BCUT2D eigenvalue weighted by atomic mass is 19.1. The lowest BCUT2D eigenvalue weighted by molar-refractivity contribution is 0.511. The summed E-state index contributed by atoms with van der Waals surface area (Å²) in [5.74, 6) is -0.268. The molecule has 4 heteroatoms. The maximum absolute atomic E-state index is 13.6. The Labute approximate surface area is 94.1 Å². The van der Waals surface area contributed by atoms with Gasteiger partial charge in [-0.3, -0.25) is 4.68 Å². The topological polar surface area (TPSA) is 43.8 Å². The van der Waals surface area contributed by atoms with Crippen molar-refractivity contribution >= 4 is 10.9 Å². The molecule has 2 aromatic rings. The van der Waals surface area contributed by atoms with E-state index in [9.17, 15) is 4.39 Å². The summed E-state index contributed by atoms with van der Waals surface area (Å²) in [4.78, 5) is 0. The highest BCUT2D eigenvalue weighted by Crippen LogP contribution is 2.23. The summed E-state index contributed by atoms with van der Waals surface area (Å²) in [6, 6.07) is 5.26.